The van der Waals surface area contributed by atoms with Gasteiger partial charge in [-0.15, -0.1) is 0 Å². The lowest BCUT2D eigenvalue weighted by molar-refractivity contribution is 0.242. The van der Waals surface area contributed by atoms with Crippen LogP contribution < -0.4 is 10.1 Å². The molecule has 0 unspecified atom stereocenters. The molecule has 0 saturated heterocycles. The third-order valence-electron chi connectivity index (χ3n) is 2.81. The Balaban J connectivity index is 2.02. The minimum absolute atomic E-state index is 0.178. The largest absolute Gasteiger partial charge is 0.491 e. The van der Waals surface area contributed by atoms with Gasteiger partial charge in [-0.05, 0) is 59.6 Å². The summed E-state index contributed by atoms with van der Waals surface area (Å²) in [5.74, 6) is 0.874. The van der Waals surface area contributed by atoms with Gasteiger partial charge in [0.25, 0.3) is 0 Å². The van der Waals surface area contributed by atoms with Crippen molar-refractivity contribution >= 4 is 44.8 Å². The van der Waals surface area contributed by atoms with Crippen LogP contribution in [0.5, 0.6) is 5.75 Å². The van der Waals surface area contributed by atoms with Crippen molar-refractivity contribution < 1.29 is 4.74 Å². The smallest absolute Gasteiger partial charge is 0.119 e. The monoisotopic (exact) mass is 387 g/mol. The Morgan fingerprint density at radius 2 is 1.71 bits per heavy atom. The van der Waals surface area contributed by atoms with Gasteiger partial charge in [0.2, 0.25) is 0 Å². The van der Waals surface area contributed by atoms with Gasteiger partial charge in [-0.1, -0.05) is 35.3 Å². The van der Waals surface area contributed by atoms with Crippen molar-refractivity contribution in [3.8, 4) is 5.75 Å². The molecule has 5 heteroatoms. The van der Waals surface area contributed by atoms with Crippen LogP contribution in [0.2, 0.25) is 10.0 Å². The molecule has 0 amide bonds. The predicted molar refractivity (Wildman–Crippen MR) is 93.7 cm³/mol. The van der Waals surface area contributed by atoms with Crippen molar-refractivity contribution in [1.29, 1.82) is 0 Å². The normalized spacial score (nSPS) is 10.8. The van der Waals surface area contributed by atoms with E-state index in [1.165, 1.54) is 0 Å². The van der Waals surface area contributed by atoms with Gasteiger partial charge >= 0.3 is 0 Å². The Kier molecular flexibility index (Phi) is 5.80. The van der Waals surface area contributed by atoms with E-state index in [9.17, 15) is 0 Å². The molecule has 0 spiro atoms. The molecule has 1 N–H and O–H groups in total. The minimum Gasteiger partial charge on any atom is -0.491 e. The minimum atomic E-state index is 0.178. The van der Waals surface area contributed by atoms with Gasteiger partial charge in [-0.3, -0.25) is 0 Å². The standard InChI is InChI=1S/C16H16BrCl2NO/c1-10(2)21-12-5-3-11(4-6-12)9-20-14-8-7-13(17)15(18)16(14)19/h3-8,10,20H,9H2,1-2H3. The fourth-order valence-corrected chi connectivity index (χ4v) is 2.66. The highest BCUT2D eigenvalue weighted by Gasteiger charge is 2.08. The Labute approximate surface area is 143 Å². The van der Waals surface area contributed by atoms with Gasteiger partial charge in [-0.2, -0.15) is 0 Å². The molecule has 0 heterocycles. The number of hydrogen-bond acceptors (Lipinski definition) is 2. The molecular formula is C16H16BrCl2NO. The third-order valence-corrected chi connectivity index (χ3v) is 4.58. The Bertz CT molecular complexity index is 614. The molecule has 2 aromatic rings. The molecule has 0 radical (unpaired) electrons. The maximum Gasteiger partial charge on any atom is 0.119 e. The lowest BCUT2D eigenvalue weighted by Gasteiger charge is -2.12. The highest BCUT2D eigenvalue weighted by Crippen LogP contribution is 2.36. The lowest BCUT2D eigenvalue weighted by Crippen LogP contribution is -2.05. The van der Waals surface area contributed by atoms with Gasteiger partial charge in [0.05, 0.1) is 21.8 Å². The number of halogens is 3. The topological polar surface area (TPSA) is 21.3 Å². The molecular weight excluding hydrogens is 373 g/mol. The number of hydrogen-bond donors (Lipinski definition) is 1. The van der Waals surface area contributed by atoms with E-state index in [1.807, 2.05) is 50.2 Å². The van der Waals surface area contributed by atoms with Gasteiger partial charge in [0.1, 0.15) is 5.75 Å². The first-order chi connectivity index (χ1) is 9.97. The van der Waals surface area contributed by atoms with Crippen LogP contribution in [0.1, 0.15) is 19.4 Å². The molecule has 0 fully saturated rings. The van der Waals surface area contributed by atoms with E-state index in [-0.39, 0.29) is 6.10 Å². The molecule has 0 atom stereocenters. The number of ether oxygens (including phenoxy) is 1. The van der Waals surface area contributed by atoms with Crippen molar-refractivity contribution in [1.82, 2.24) is 0 Å². The van der Waals surface area contributed by atoms with E-state index in [1.54, 1.807) is 0 Å². The number of anilines is 1. The second-order valence-corrected chi connectivity index (χ2v) is 6.50. The summed E-state index contributed by atoms with van der Waals surface area (Å²) >= 11 is 15.6. The molecule has 2 nitrogen and oxygen atoms in total. The van der Waals surface area contributed by atoms with E-state index >= 15 is 0 Å². The summed E-state index contributed by atoms with van der Waals surface area (Å²) in [5, 5.41) is 4.31. The lowest BCUT2D eigenvalue weighted by atomic mass is 10.2. The molecule has 2 aromatic carbocycles. The molecule has 112 valence electrons. The van der Waals surface area contributed by atoms with Crippen LogP contribution in [-0.2, 0) is 6.54 Å². The molecule has 21 heavy (non-hydrogen) atoms. The first kappa shape index (κ1) is 16.5. The molecule has 0 bridgehead atoms. The van der Waals surface area contributed by atoms with Crippen LogP contribution in [0.25, 0.3) is 0 Å². The molecule has 2 rings (SSSR count). The SMILES string of the molecule is CC(C)Oc1ccc(CNc2ccc(Br)c(Cl)c2Cl)cc1. The summed E-state index contributed by atoms with van der Waals surface area (Å²) in [6, 6.07) is 11.8. The molecule has 0 aromatic heterocycles. The van der Waals surface area contributed by atoms with Crippen LogP contribution in [0, 0.1) is 0 Å². The summed E-state index contributed by atoms with van der Waals surface area (Å²) in [4.78, 5) is 0. The first-order valence-electron chi connectivity index (χ1n) is 6.60. The van der Waals surface area contributed by atoms with Gasteiger partial charge in [0.15, 0.2) is 0 Å². The van der Waals surface area contributed by atoms with Gasteiger partial charge in [0, 0.05) is 11.0 Å². The van der Waals surface area contributed by atoms with Crippen molar-refractivity contribution in [2.75, 3.05) is 5.32 Å². The van der Waals surface area contributed by atoms with Crippen LogP contribution >= 0.6 is 39.1 Å². The van der Waals surface area contributed by atoms with Crippen molar-refractivity contribution in [2.24, 2.45) is 0 Å². The number of rotatable bonds is 5. The van der Waals surface area contributed by atoms with Crippen LogP contribution in [-0.4, -0.2) is 6.10 Å². The zero-order chi connectivity index (χ0) is 15.4. The highest BCUT2D eigenvalue weighted by atomic mass is 79.9. The number of benzene rings is 2. The summed E-state index contributed by atoms with van der Waals surface area (Å²) in [6.07, 6.45) is 0.178. The predicted octanol–water partition coefficient (Wildman–Crippen LogP) is 6.16. The molecule has 0 aliphatic heterocycles. The van der Waals surface area contributed by atoms with E-state index in [0.29, 0.717) is 16.6 Å². The Morgan fingerprint density at radius 3 is 2.33 bits per heavy atom. The fourth-order valence-electron chi connectivity index (χ4n) is 1.82. The van der Waals surface area contributed by atoms with Gasteiger partial charge < -0.3 is 10.1 Å². The Morgan fingerprint density at radius 1 is 1.05 bits per heavy atom. The average Bonchev–Trinajstić information content (AvgIpc) is 2.45. The highest BCUT2D eigenvalue weighted by molar-refractivity contribution is 9.10. The van der Waals surface area contributed by atoms with E-state index in [4.69, 9.17) is 27.9 Å². The third kappa shape index (κ3) is 4.53. The van der Waals surface area contributed by atoms with E-state index < -0.39 is 0 Å². The second-order valence-electron chi connectivity index (χ2n) is 4.89. The summed E-state index contributed by atoms with van der Waals surface area (Å²) < 4.78 is 6.40. The van der Waals surface area contributed by atoms with Gasteiger partial charge in [-0.25, -0.2) is 0 Å². The quantitative estimate of drug-likeness (QED) is 0.619. The molecule has 0 aliphatic rings. The number of nitrogens with one attached hydrogen (secondary N) is 1. The maximum absolute atomic E-state index is 6.20. The van der Waals surface area contributed by atoms with Crippen molar-refractivity contribution in [3.05, 3.63) is 56.5 Å². The zero-order valence-electron chi connectivity index (χ0n) is 11.8. The zero-order valence-corrected chi connectivity index (χ0v) is 14.9. The summed E-state index contributed by atoms with van der Waals surface area (Å²) in [5.41, 5.74) is 1.95. The van der Waals surface area contributed by atoms with Crippen molar-refractivity contribution in [3.63, 3.8) is 0 Å². The molecule has 0 saturated carbocycles. The van der Waals surface area contributed by atoms with Crippen molar-refractivity contribution in [2.45, 2.75) is 26.5 Å². The van der Waals surface area contributed by atoms with Crippen LogP contribution in [0.15, 0.2) is 40.9 Å². The second kappa shape index (κ2) is 7.39. The maximum atomic E-state index is 6.20. The molecule has 0 aliphatic carbocycles. The summed E-state index contributed by atoms with van der Waals surface area (Å²) in [6.45, 7) is 4.68. The average molecular weight is 389 g/mol. The first-order valence-corrected chi connectivity index (χ1v) is 8.15. The van der Waals surface area contributed by atoms with E-state index in [0.717, 1.165) is 21.5 Å². The Hall–Kier alpha value is -0.900. The fraction of sp³-hybridized carbons (Fsp3) is 0.250. The van der Waals surface area contributed by atoms with E-state index in [2.05, 4.69) is 21.2 Å². The van der Waals surface area contributed by atoms with Crippen LogP contribution in [0.3, 0.4) is 0 Å². The van der Waals surface area contributed by atoms with Crippen LogP contribution in [0.4, 0.5) is 5.69 Å². The summed E-state index contributed by atoms with van der Waals surface area (Å²) in [7, 11) is 0.